The maximum atomic E-state index is 10.7. The highest BCUT2D eigenvalue weighted by atomic mass is 35.5. The van der Waals surface area contributed by atoms with Crippen LogP contribution in [0.5, 0.6) is 0 Å². The van der Waals surface area contributed by atoms with Gasteiger partial charge in [0.15, 0.2) is 0 Å². The Bertz CT molecular complexity index is 528. The molecule has 1 heterocycles. The van der Waals surface area contributed by atoms with Crippen molar-refractivity contribution in [1.29, 1.82) is 0 Å². The number of carbonyl (C=O) groups is 1. The lowest BCUT2D eigenvalue weighted by molar-refractivity contribution is -0.131. The first kappa shape index (κ1) is 15.9. The van der Waals surface area contributed by atoms with Crippen LogP contribution in [0.15, 0.2) is 24.3 Å². The zero-order chi connectivity index (χ0) is 15.2. The monoisotopic (exact) mass is 309 g/mol. The van der Waals surface area contributed by atoms with Crippen molar-refractivity contribution in [1.82, 2.24) is 0 Å². The van der Waals surface area contributed by atoms with Crippen molar-refractivity contribution >= 4 is 29.3 Å². The number of ether oxygens (including phenoxy) is 1. The summed E-state index contributed by atoms with van der Waals surface area (Å²) in [6.07, 6.45) is 5.09. The lowest BCUT2D eigenvalue weighted by atomic mass is 10.0. The van der Waals surface area contributed by atoms with Crippen LogP contribution in [-0.2, 0) is 9.53 Å². The molecule has 0 aromatic heterocycles. The van der Waals surface area contributed by atoms with E-state index in [1.54, 1.807) is 12.1 Å². The Morgan fingerprint density at radius 2 is 2.38 bits per heavy atom. The van der Waals surface area contributed by atoms with Gasteiger partial charge in [0.05, 0.1) is 6.10 Å². The molecular formula is C16H20ClNO3. The predicted molar refractivity (Wildman–Crippen MR) is 85.0 cm³/mol. The van der Waals surface area contributed by atoms with Crippen molar-refractivity contribution in [3.63, 3.8) is 0 Å². The molecule has 0 amide bonds. The zero-order valence-electron chi connectivity index (χ0n) is 12.1. The Hall–Kier alpha value is -1.52. The van der Waals surface area contributed by atoms with Gasteiger partial charge in [-0.25, -0.2) is 4.79 Å². The van der Waals surface area contributed by atoms with Crippen molar-refractivity contribution < 1.29 is 14.6 Å². The minimum Gasteiger partial charge on any atom is -0.478 e. The van der Waals surface area contributed by atoms with Crippen LogP contribution >= 0.6 is 11.6 Å². The third-order valence-corrected chi connectivity index (χ3v) is 3.75. The highest BCUT2D eigenvalue weighted by Crippen LogP contribution is 2.28. The summed E-state index contributed by atoms with van der Waals surface area (Å²) in [4.78, 5) is 13.0. The number of hydrogen-bond donors (Lipinski definition) is 1. The molecule has 0 saturated carbocycles. The highest BCUT2D eigenvalue weighted by molar-refractivity contribution is 6.30. The molecule has 1 aromatic carbocycles. The topological polar surface area (TPSA) is 49.8 Å². The van der Waals surface area contributed by atoms with Crippen LogP contribution in [0.4, 0.5) is 5.69 Å². The van der Waals surface area contributed by atoms with E-state index < -0.39 is 5.97 Å². The molecule has 0 bridgehead atoms. The maximum absolute atomic E-state index is 10.7. The van der Waals surface area contributed by atoms with Crippen LogP contribution < -0.4 is 4.90 Å². The first-order chi connectivity index (χ1) is 10.1. The van der Waals surface area contributed by atoms with E-state index in [4.69, 9.17) is 21.4 Å². The number of nitrogens with zero attached hydrogens (tertiary/aromatic N) is 1. The van der Waals surface area contributed by atoms with E-state index in [0.29, 0.717) is 11.6 Å². The lowest BCUT2D eigenvalue weighted by Gasteiger charge is -2.35. The first-order valence-electron chi connectivity index (χ1n) is 7.17. The summed E-state index contributed by atoms with van der Waals surface area (Å²) >= 11 is 6.02. The third kappa shape index (κ3) is 4.48. The fourth-order valence-corrected chi connectivity index (χ4v) is 2.82. The molecule has 1 N–H and O–H groups in total. The number of piperidine rings is 1. The fourth-order valence-electron chi connectivity index (χ4n) is 2.64. The summed E-state index contributed by atoms with van der Waals surface area (Å²) in [6.45, 7) is 4.48. The third-order valence-electron chi connectivity index (χ3n) is 3.52. The molecule has 1 fully saturated rings. The standard InChI is InChI=1S/C16H20ClNO3/c1-2-21-14-4-3-9-18(11-14)15-7-6-13(17)10-12(15)5-8-16(19)20/h5-8,10,14H,2-4,9,11H2,1H3,(H,19,20)/b8-5+. The van der Waals surface area contributed by atoms with Crippen LogP contribution in [0.3, 0.4) is 0 Å². The molecule has 0 radical (unpaired) electrons. The Morgan fingerprint density at radius 3 is 3.10 bits per heavy atom. The molecule has 1 aliphatic heterocycles. The minimum atomic E-state index is -0.966. The van der Waals surface area contributed by atoms with Gasteiger partial charge in [-0.1, -0.05) is 11.6 Å². The zero-order valence-corrected chi connectivity index (χ0v) is 12.8. The average molecular weight is 310 g/mol. The van der Waals surface area contributed by atoms with Crippen molar-refractivity contribution in [2.24, 2.45) is 0 Å². The first-order valence-corrected chi connectivity index (χ1v) is 7.55. The van der Waals surface area contributed by atoms with Gasteiger partial charge in [0.1, 0.15) is 0 Å². The summed E-state index contributed by atoms with van der Waals surface area (Å²) in [6, 6.07) is 5.57. The number of hydrogen-bond acceptors (Lipinski definition) is 3. The highest BCUT2D eigenvalue weighted by Gasteiger charge is 2.21. The second-order valence-corrected chi connectivity index (χ2v) is 5.48. The van der Waals surface area contributed by atoms with E-state index in [1.807, 2.05) is 19.1 Å². The summed E-state index contributed by atoms with van der Waals surface area (Å²) in [5.41, 5.74) is 1.82. The molecule has 1 unspecified atom stereocenters. The number of aliphatic carboxylic acids is 1. The van der Waals surface area contributed by atoms with Gasteiger partial charge >= 0.3 is 5.97 Å². The van der Waals surface area contributed by atoms with Gasteiger partial charge in [0.25, 0.3) is 0 Å². The van der Waals surface area contributed by atoms with Crippen molar-refractivity contribution in [2.45, 2.75) is 25.9 Å². The molecular weight excluding hydrogens is 290 g/mol. The molecule has 1 aliphatic rings. The fraction of sp³-hybridized carbons (Fsp3) is 0.438. The molecule has 4 nitrogen and oxygen atoms in total. The van der Waals surface area contributed by atoms with E-state index >= 15 is 0 Å². The molecule has 1 aromatic rings. The number of carboxylic acid groups (broad SMARTS) is 1. The van der Waals surface area contributed by atoms with E-state index in [2.05, 4.69) is 4.90 Å². The number of benzene rings is 1. The molecule has 1 saturated heterocycles. The van der Waals surface area contributed by atoms with Crippen LogP contribution in [0.25, 0.3) is 6.08 Å². The van der Waals surface area contributed by atoms with Gasteiger partial charge in [0, 0.05) is 36.5 Å². The Kier molecular flexibility index (Phi) is 5.65. The van der Waals surface area contributed by atoms with Gasteiger partial charge in [-0.3, -0.25) is 0 Å². The maximum Gasteiger partial charge on any atom is 0.328 e. The Balaban J connectivity index is 2.23. The van der Waals surface area contributed by atoms with Crippen LogP contribution in [0.1, 0.15) is 25.3 Å². The SMILES string of the molecule is CCOC1CCCN(c2ccc(Cl)cc2/C=C/C(=O)O)C1. The molecule has 21 heavy (non-hydrogen) atoms. The molecule has 2 rings (SSSR count). The summed E-state index contributed by atoms with van der Waals surface area (Å²) < 4.78 is 5.72. The summed E-state index contributed by atoms with van der Waals surface area (Å²) in [5, 5.41) is 9.40. The lowest BCUT2D eigenvalue weighted by Crippen LogP contribution is -2.40. The number of carboxylic acids is 1. The van der Waals surface area contributed by atoms with Crippen molar-refractivity contribution in [3.8, 4) is 0 Å². The smallest absolute Gasteiger partial charge is 0.328 e. The van der Waals surface area contributed by atoms with E-state index in [0.717, 1.165) is 43.3 Å². The largest absolute Gasteiger partial charge is 0.478 e. The van der Waals surface area contributed by atoms with E-state index in [-0.39, 0.29) is 6.10 Å². The normalized spacial score (nSPS) is 19.1. The number of anilines is 1. The molecule has 0 aliphatic carbocycles. The average Bonchev–Trinajstić information content (AvgIpc) is 2.46. The van der Waals surface area contributed by atoms with Gasteiger partial charge in [-0.15, -0.1) is 0 Å². The Labute approximate surface area is 130 Å². The van der Waals surface area contributed by atoms with Crippen molar-refractivity contribution in [3.05, 3.63) is 34.9 Å². The summed E-state index contributed by atoms with van der Waals surface area (Å²) in [7, 11) is 0. The molecule has 0 spiro atoms. The van der Waals surface area contributed by atoms with Gasteiger partial charge in [-0.2, -0.15) is 0 Å². The molecule has 114 valence electrons. The van der Waals surface area contributed by atoms with Gasteiger partial charge < -0.3 is 14.7 Å². The summed E-state index contributed by atoms with van der Waals surface area (Å²) in [5.74, 6) is -0.966. The van der Waals surface area contributed by atoms with Crippen LogP contribution in [0.2, 0.25) is 5.02 Å². The van der Waals surface area contributed by atoms with E-state index in [1.165, 1.54) is 0 Å². The second kappa shape index (κ2) is 7.48. The van der Waals surface area contributed by atoms with E-state index in [9.17, 15) is 4.79 Å². The predicted octanol–water partition coefficient (Wildman–Crippen LogP) is 3.44. The molecule has 5 heteroatoms. The number of rotatable bonds is 5. The quantitative estimate of drug-likeness (QED) is 0.846. The Morgan fingerprint density at radius 1 is 1.57 bits per heavy atom. The molecule has 1 atom stereocenters. The second-order valence-electron chi connectivity index (χ2n) is 5.04. The minimum absolute atomic E-state index is 0.232. The van der Waals surface area contributed by atoms with Gasteiger partial charge in [0.2, 0.25) is 0 Å². The number of halogens is 1. The van der Waals surface area contributed by atoms with Crippen molar-refractivity contribution in [2.75, 3.05) is 24.6 Å². The van der Waals surface area contributed by atoms with Crippen LogP contribution in [0, 0.1) is 0 Å². The van der Waals surface area contributed by atoms with Crippen LogP contribution in [-0.4, -0.2) is 36.9 Å². The van der Waals surface area contributed by atoms with Gasteiger partial charge in [-0.05, 0) is 49.6 Å².